The van der Waals surface area contributed by atoms with Crippen molar-refractivity contribution < 1.29 is 0 Å². The first-order chi connectivity index (χ1) is 8.70. The highest BCUT2D eigenvalue weighted by Gasteiger charge is 2.27. The number of nitrogens with one attached hydrogen (secondary N) is 1. The third-order valence-electron chi connectivity index (χ3n) is 2.75. The summed E-state index contributed by atoms with van der Waals surface area (Å²) in [5.74, 6) is 2.23. The average molecular weight is 325 g/mol. The lowest BCUT2D eigenvalue weighted by Crippen LogP contribution is -1.99. The molecule has 3 nitrogen and oxygen atoms in total. The summed E-state index contributed by atoms with van der Waals surface area (Å²) >= 11 is 9.37. The molecule has 18 heavy (non-hydrogen) atoms. The quantitative estimate of drug-likeness (QED) is 0.844. The van der Waals surface area contributed by atoms with Crippen LogP contribution < -0.4 is 5.32 Å². The van der Waals surface area contributed by atoms with Crippen LogP contribution in [0.3, 0.4) is 0 Å². The van der Waals surface area contributed by atoms with Crippen LogP contribution in [0, 0.1) is 0 Å². The minimum Gasteiger partial charge on any atom is -0.340 e. The van der Waals surface area contributed by atoms with E-state index < -0.39 is 0 Å². The van der Waals surface area contributed by atoms with Gasteiger partial charge in [0.1, 0.15) is 16.2 Å². The maximum atomic E-state index is 5.95. The van der Waals surface area contributed by atoms with Gasteiger partial charge in [-0.2, -0.15) is 0 Å². The van der Waals surface area contributed by atoms with Crippen LogP contribution >= 0.6 is 27.5 Å². The Balaban J connectivity index is 1.87. The molecule has 0 bridgehead atoms. The SMILES string of the molecule is Clc1cccc(Nc2cc(Br)nc(C3CC3)n2)c1. The van der Waals surface area contributed by atoms with E-state index in [4.69, 9.17) is 11.6 Å². The van der Waals surface area contributed by atoms with Gasteiger partial charge in [0.2, 0.25) is 0 Å². The van der Waals surface area contributed by atoms with Crippen LogP contribution in [0.1, 0.15) is 24.6 Å². The molecule has 0 radical (unpaired) electrons. The molecule has 92 valence electrons. The molecule has 1 saturated carbocycles. The fourth-order valence-corrected chi connectivity index (χ4v) is 2.33. The predicted octanol–water partition coefficient (Wildman–Crippen LogP) is 4.51. The number of anilines is 2. The van der Waals surface area contributed by atoms with E-state index >= 15 is 0 Å². The van der Waals surface area contributed by atoms with Gasteiger partial charge in [-0.05, 0) is 47.0 Å². The molecule has 0 atom stereocenters. The highest BCUT2D eigenvalue weighted by molar-refractivity contribution is 9.10. The van der Waals surface area contributed by atoms with Gasteiger partial charge >= 0.3 is 0 Å². The number of nitrogens with zero attached hydrogens (tertiary/aromatic N) is 2. The maximum absolute atomic E-state index is 5.95. The molecule has 0 unspecified atom stereocenters. The van der Waals surface area contributed by atoms with Gasteiger partial charge in [0.25, 0.3) is 0 Å². The van der Waals surface area contributed by atoms with Gasteiger partial charge in [0.05, 0.1) is 0 Å². The first kappa shape index (κ1) is 11.9. The molecule has 3 rings (SSSR count). The fraction of sp³-hybridized carbons (Fsp3) is 0.231. The molecular formula is C13H11BrClN3. The van der Waals surface area contributed by atoms with E-state index in [1.807, 2.05) is 30.3 Å². The predicted molar refractivity (Wildman–Crippen MR) is 76.4 cm³/mol. The zero-order chi connectivity index (χ0) is 12.5. The van der Waals surface area contributed by atoms with Crippen molar-refractivity contribution in [3.63, 3.8) is 0 Å². The minimum absolute atomic E-state index is 0.530. The van der Waals surface area contributed by atoms with Gasteiger partial charge in [-0.25, -0.2) is 9.97 Å². The monoisotopic (exact) mass is 323 g/mol. The summed E-state index contributed by atoms with van der Waals surface area (Å²) in [5.41, 5.74) is 0.926. The molecule has 1 heterocycles. The molecule has 0 spiro atoms. The third-order valence-corrected chi connectivity index (χ3v) is 3.39. The summed E-state index contributed by atoms with van der Waals surface area (Å²) < 4.78 is 0.809. The van der Waals surface area contributed by atoms with Gasteiger partial charge in [0, 0.05) is 22.7 Å². The number of hydrogen-bond acceptors (Lipinski definition) is 3. The Morgan fingerprint density at radius 3 is 2.78 bits per heavy atom. The lowest BCUT2D eigenvalue weighted by Gasteiger charge is -2.08. The van der Waals surface area contributed by atoms with Crippen molar-refractivity contribution in [1.82, 2.24) is 9.97 Å². The number of halogens is 2. The van der Waals surface area contributed by atoms with Crippen molar-refractivity contribution in [1.29, 1.82) is 0 Å². The van der Waals surface area contributed by atoms with Gasteiger partial charge in [0.15, 0.2) is 0 Å². The highest BCUT2D eigenvalue weighted by Crippen LogP contribution is 2.39. The molecule has 1 N–H and O–H groups in total. The Hall–Kier alpha value is -1.13. The Bertz CT molecular complexity index is 584. The van der Waals surface area contributed by atoms with Crippen LogP contribution in [0.4, 0.5) is 11.5 Å². The summed E-state index contributed by atoms with van der Waals surface area (Å²) in [6.45, 7) is 0. The van der Waals surface area contributed by atoms with Crippen molar-refractivity contribution in [2.24, 2.45) is 0 Å². The van der Waals surface area contributed by atoms with Crippen LogP contribution in [0.5, 0.6) is 0 Å². The van der Waals surface area contributed by atoms with Crippen molar-refractivity contribution in [2.75, 3.05) is 5.32 Å². The molecule has 0 amide bonds. The fourth-order valence-electron chi connectivity index (χ4n) is 1.74. The number of hydrogen-bond donors (Lipinski definition) is 1. The zero-order valence-electron chi connectivity index (χ0n) is 9.53. The van der Waals surface area contributed by atoms with Gasteiger partial charge in [-0.15, -0.1) is 0 Å². The second kappa shape index (κ2) is 4.86. The first-order valence-corrected chi connectivity index (χ1v) is 6.95. The van der Waals surface area contributed by atoms with Crippen molar-refractivity contribution >= 4 is 39.0 Å². The second-order valence-electron chi connectivity index (χ2n) is 4.34. The number of aromatic nitrogens is 2. The van der Waals surface area contributed by atoms with Crippen molar-refractivity contribution in [2.45, 2.75) is 18.8 Å². The standard InChI is InChI=1S/C13H11BrClN3/c14-11-7-12(18-13(17-11)8-4-5-8)16-10-3-1-2-9(15)6-10/h1-3,6-8H,4-5H2,(H,16,17,18). The summed E-state index contributed by atoms with van der Waals surface area (Å²) in [5, 5.41) is 3.95. The Morgan fingerprint density at radius 1 is 1.22 bits per heavy atom. The summed E-state index contributed by atoms with van der Waals surface area (Å²) in [7, 11) is 0. The van der Waals surface area contributed by atoms with E-state index in [2.05, 4.69) is 31.2 Å². The molecule has 1 aliphatic carbocycles. The van der Waals surface area contributed by atoms with Crippen LogP contribution in [-0.2, 0) is 0 Å². The first-order valence-electron chi connectivity index (χ1n) is 5.78. The van der Waals surface area contributed by atoms with Crippen LogP contribution in [0.25, 0.3) is 0 Å². The lowest BCUT2D eigenvalue weighted by molar-refractivity contribution is 0.919. The van der Waals surface area contributed by atoms with Gasteiger partial charge in [-0.1, -0.05) is 17.7 Å². The molecule has 5 heteroatoms. The number of benzene rings is 1. The van der Waals surface area contributed by atoms with E-state index in [9.17, 15) is 0 Å². The summed E-state index contributed by atoms with van der Waals surface area (Å²) in [6, 6.07) is 9.45. The summed E-state index contributed by atoms with van der Waals surface area (Å²) in [4.78, 5) is 8.92. The van der Waals surface area contributed by atoms with Crippen LogP contribution in [-0.4, -0.2) is 9.97 Å². The number of rotatable bonds is 3. The largest absolute Gasteiger partial charge is 0.340 e. The zero-order valence-corrected chi connectivity index (χ0v) is 11.9. The molecule has 1 aliphatic rings. The van der Waals surface area contributed by atoms with E-state index in [1.54, 1.807) is 0 Å². The second-order valence-corrected chi connectivity index (χ2v) is 5.59. The molecule has 2 aromatic rings. The minimum atomic E-state index is 0.530. The van der Waals surface area contributed by atoms with Crippen molar-refractivity contribution in [3.05, 3.63) is 45.8 Å². The van der Waals surface area contributed by atoms with Crippen LogP contribution in [0.15, 0.2) is 34.9 Å². The molecule has 0 saturated heterocycles. The van der Waals surface area contributed by atoms with E-state index in [0.29, 0.717) is 10.9 Å². The Kier molecular flexibility index (Phi) is 3.22. The molecule has 0 aliphatic heterocycles. The van der Waals surface area contributed by atoms with Gasteiger partial charge < -0.3 is 5.32 Å². The lowest BCUT2D eigenvalue weighted by atomic mass is 10.3. The van der Waals surface area contributed by atoms with E-state index in [1.165, 1.54) is 12.8 Å². The highest BCUT2D eigenvalue weighted by atomic mass is 79.9. The molecule has 1 fully saturated rings. The summed E-state index contributed by atoms with van der Waals surface area (Å²) in [6.07, 6.45) is 2.38. The smallest absolute Gasteiger partial charge is 0.135 e. The Morgan fingerprint density at radius 2 is 2.06 bits per heavy atom. The molecular weight excluding hydrogens is 314 g/mol. The average Bonchev–Trinajstić information content (AvgIpc) is 3.11. The van der Waals surface area contributed by atoms with Crippen LogP contribution in [0.2, 0.25) is 5.02 Å². The molecule has 1 aromatic carbocycles. The molecule has 1 aromatic heterocycles. The van der Waals surface area contributed by atoms with E-state index in [0.717, 1.165) is 21.9 Å². The normalized spacial score (nSPS) is 14.6. The third kappa shape index (κ3) is 2.82. The topological polar surface area (TPSA) is 37.8 Å². The Labute approximate surface area is 119 Å². The maximum Gasteiger partial charge on any atom is 0.135 e. The van der Waals surface area contributed by atoms with Gasteiger partial charge in [-0.3, -0.25) is 0 Å². The van der Waals surface area contributed by atoms with Crippen molar-refractivity contribution in [3.8, 4) is 0 Å². The van der Waals surface area contributed by atoms with E-state index in [-0.39, 0.29) is 0 Å².